The molecule has 1 N–H and O–H groups in total. The van der Waals surface area contributed by atoms with Crippen molar-refractivity contribution in [1.82, 2.24) is 4.98 Å². The van der Waals surface area contributed by atoms with Crippen molar-refractivity contribution >= 4 is 39.3 Å². The Morgan fingerprint density at radius 2 is 1.76 bits per heavy atom. The van der Waals surface area contributed by atoms with Gasteiger partial charge in [-0.25, -0.2) is 4.98 Å². The van der Waals surface area contributed by atoms with E-state index in [1.165, 1.54) is 16.0 Å². The standard InChI is InChI=1S/C19H17IN2O2S/c1-23-12-5-3-11(4-6-12)13-7-8-14-15(18(13)24-2)9-10-16-17(14)21-19(22-20)25-16/h3-8H,9-10H2,1-2H3,(H,21,22). The molecule has 3 aromatic rings. The fourth-order valence-electron chi connectivity index (χ4n) is 3.34. The second kappa shape index (κ2) is 6.84. The van der Waals surface area contributed by atoms with Crippen LogP contribution >= 0.6 is 34.2 Å². The van der Waals surface area contributed by atoms with Gasteiger partial charge in [-0.15, -0.1) is 11.3 Å². The van der Waals surface area contributed by atoms with Crippen molar-refractivity contribution in [2.75, 3.05) is 17.7 Å². The lowest BCUT2D eigenvalue weighted by Gasteiger charge is -2.21. The van der Waals surface area contributed by atoms with Crippen molar-refractivity contribution in [3.8, 4) is 33.9 Å². The topological polar surface area (TPSA) is 43.4 Å². The first-order chi connectivity index (χ1) is 12.2. The lowest BCUT2D eigenvalue weighted by atomic mass is 9.89. The maximum absolute atomic E-state index is 5.83. The molecular formula is C19H17IN2O2S. The largest absolute Gasteiger partial charge is 0.497 e. The third-order valence-electron chi connectivity index (χ3n) is 4.50. The maximum atomic E-state index is 5.83. The average Bonchev–Trinajstić information content (AvgIpc) is 3.10. The van der Waals surface area contributed by atoms with E-state index in [0.29, 0.717) is 0 Å². The number of aromatic nitrogens is 1. The van der Waals surface area contributed by atoms with E-state index >= 15 is 0 Å². The summed E-state index contributed by atoms with van der Waals surface area (Å²) in [5.74, 6) is 1.80. The number of fused-ring (bicyclic) bond motifs is 3. The van der Waals surface area contributed by atoms with Gasteiger partial charge in [0.15, 0.2) is 5.13 Å². The van der Waals surface area contributed by atoms with Crippen LogP contribution in [0.25, 0.3) is 22.4 Å². The molecular weight excluding hydrogens is 447 g/mol. The quantitative estimate of drug-likeness (QED) is 0.418. The summed E-state index contributed by atoms with van der Waals surface area (Å²) >= 11 is 3.86. The number of nitrogens with one attached hydrogen (secondary N) is 1. The molecule has 1 aromatic heterocycles. The Labute approximate surface area is 164 Å². The third kappa shape index (κ3) is 2.87. The van der Waals surface area contributed by atoms with Crippen LogP contribution in [0.4, 0.5) is 5.13 Å². The lowest BCUT2D eigenvalue weighted by Crippen LogP contribution is -2.05. The highest BCUT2D eigenvalue weighted by molar-refractivity contribution is 14.1. The van der Waals surface area contributed by atoms with E-state index in [4.69, 9.17) is 14.5 Å². The molecule has 0 aliphatic heterocycles. The molecule has 1 aliphatic carbocycles. The van der Waals surface area contributed by atoms with E-state index in [1.54, 1.807) is 25.6 Å². The van der Waals surface area contributed by atoms with Gasteiger partial charge in [0.05, 0.1) is 42.8 Å². The van der Waals surface area contributed by atoms with Crippen LogP contribution in [0.5, 0.6) is 11.5 Å². The Bertz CT molecular complexity index is 922. The van der Waals surface area contributed by atoms with Gasteiger partial charge < -0.3 is 13.0 Å². The van der Waals surface area contributed by atoms with Crippen LogP contribution in [0.2, 0.25) is 0 Å². The number of ether oxygens (including phenoxy) is 2. The minimum Gasteiger partial charge on any atom is -0.497 e. The summed E-state index contributed by atoms with van der Waals surface area (Å²) in [4.78, 5) is 6.08. The smallest absolute Gasteiger partial charge is 0.192 e. The van der Waals surface area contributed by atoms with Gasteiger partial charge in [-0.05, 0) is 36.6 Å². The Hall–Kier alpha value is -1.80. The van der Waals surface area contributed by atoms with Crippen LogP contribution in [0.1, 0.15) is 10.4 Å². The second-order valence-corrected chi connectivity index (χ2v) is 7.41. The maximum Gasteiger partial charge on any atom is 0.192 e. The normalized spacial score (nSPS) is 12.3. The zero-order valence-corrected chi connectivity index (χ0v) is 16.9. The molecule has 0 spiro atoms. The first kappa shape index (κ1) is 16.7. The van der Waals surface area contributed by atoms with Crippen molar-refractivity contribution in [3.05, 3.63) is 46.8 Å². The Morgan fingerprint density at radius 1 is 1.00 bits per heavy atom. The zero-order chi connectivity index (χ0) is 17.4. The average molecular weight is 464 g/mol. The van der Waals surface area contributed by atoms with Crippen LogP contribution in [0.15, 0.2) is 36.4 Å². The lowest BCUT2D eigenvalue weighted by molar-refractivity contribution is 0.411. The number of hydrogen-bond acceptors (Lipinski definition) is 5. The number of benzene rings is 2. The Morgan fingerprint density at radius 3 is 2.44 bits per heavy atom. The fraction of sp³-hybridized carbons (Fsp3) is 0.211. The highest BCUT2D eigenvalue weighted by Crippen LogP contribution is 2.45. The molecule has 25 heavy (non-hydrogen) atoms. The highest BCUT2D eigenvalue weighted by atomic mass is 127. The summed E-state index contributed by atoms with van der Waals surface area (Å²) in [6.07, 6.45) is 1.97. The molecule has 4 nitrogen and oxygen atoms in total. The van der Waals surface area contributed by atoms with E-state index in [9.17, 15) is 0 Å². The molecule has 1 aliphatic rings. The van der Waals surface area contributed by atoms with Gasteiger partial charge in [0.1, 0.15) is 11.5 Å². The number of hydrogen-bond donors (Lipinski definition) is 1. The summed E-state index contributed by atoms with van der Waals surface area (Å²) in [5.41, 5.74) is 5.75. The molecule has 2 aromatic carbocycles. The van der Waals surface area contributed by atoms with Crippen molar-refractivity contribution in [1.29, 1.82) is 0 Å². The predicted molar refractivity (Wildman–Crippen MR) is 111 cm³/mol. The summed E-state index contributed by atoms with van der Waals surface area (Å²) < 4.78 is 14.2. The van der Waals surface area contributed by atoms with Gasteiger partial charge in [0.25, 0.3) is 0 Å². The molecule has 0 unspecified atom stereocenters. The predicted octanol–water partition coefficient (Wildman–Crippen LogP) is 5.35. The van der Waals surface area contributed by atoms with Gasteiger partial charge in [0, 0.05) is 21.6 Å². The third-order valence-corrected chi connectivity index (χ3v) is 6.41. The van der Waals surface area contributed by atoms with Crippen molar-refractivity contribution in [2.45, 2.75) is 12.8 Å². The minimum absolute atomic E-state index is 0.853. The molecule has 128 valence electrons. The van der Waals surface area contributed by atoms with Gasteiger partial charge >= 0.3 is 0 Å². The Kier molecular flexibility index (Phi) is 4.56. The van der Waals surface area contributed by atoms with Gasteiger partial charge in [-0.3, -0.25) is 0 Å². The second-order valence-electron chi connectivity index (χ2n) is 5.79. The zero-order valence-electron chi connectivity index (χ0n) is 13.9. The molecule has 6 heteroatoms. The van der Waals surface area contributed by atoms with Crippen molar-refractivity contribution in [3.63, 3.8) is 0 Å². The van der Waals surface area contributed by atoms with E-state index in [2.05, 4.69) is 50.7 Å². The molecule has 0 saturated heterocycles. The molecule has 1 heterocycles. The van der Waals surface area contributed by atoms with Gasteiger partial charge in [-0.1, -0.05) is 18.2 Å². The summed E-state index contributed by atoms with van der Waals surface area (Å²) in [6.45, 7) is 0. The molecule has 0 bridgehead atoms. The molecule has 4 rings (SSSR count). The van der Waals surface area contributed by atoms with Crippen LogP contribution in [0, 0.1) is 0 Å². The monoisotopic (exact) mass is 464 g/mol. The first-order valence-electron chi connectivity index (χ1n) is 7.96. The number of methoxy groups -OCH3 is 2. The van der Waals surface area contributed by atoms with Crippen molar-refractivity contribution in [2.24, 2.45) is 0 Å². The SMILES string of the molecule is COc1ccc(-c2ccc3c(c2OC)CCc2sc(NI)nc2-3)cc1. The van der Waals surface area contributed by atoms with Gasteiger partial charge in [-0.2, -0.15) is 0 Å². The van der Waals surface area contributed by atoms with Crippen LogP contribution < -0.4 is 13.0 Å². The number of aryl methyl sites for hydroxylation is 1. The number of rotatable bonds is 4. The molecule has 0 radical (unpaired) electrons. The van der Waals surface area contributed by atoms with Crippen LogP contribution in [-0.2, 0) is 12.8 Å². The molecule has 0 saturated carbocycles. The van der Waals surface area contributed by atoms with Crippen LogP contribution in [-0.4, -0.2) is 19.2 Å². The van der Waals surface area contributed by atoms with E-state index in [1.807, 2.05) is 12.1 Å². The summed E-state index contributed by atoms with van der Waals surface area (Å²) in [5, 5.41) is 0.955. The van der Waals surface area contributed by atoms with Crippen molar-refractivity contribution < 1.29 is 9.47 Å². The molecule has 0 amide bonds. The highest BCUT2D eigenvalue weighted by Gasteiger charge is 2.25. The van der Waals surface area contributed by atoms with E-state index in [0.717, 1.165) is 46.3 Å². The first-order valence-corrected chi connectivity index (χ1v) is 9.85. The van der Waals surface area contributed by atoms with E-state index in [-0.39, 0.29) is 0 Å². The number of nitrogens with zero attached hydrogens (tertiary/aromatic N) is 1. The number of thiazole rings is 1. The minimum atomic E-state index is 0.853. The molecule has 0 atom stereocenters. The Balaban J connectivity index is 1.84. The summed E-state index contributed by atoms with van der Waals surface area (Å²) in [6, 6.07) is 12.4. The summed E-state index contributed by atoms with van der Waals surface area (Å²) in [7, 11) is 3.43. The number of halogens is 1. The van der Waals surface area contributed by atoms with Gasteiger partial charge in [0.2, 0.25) is 0 Å². The van der Waals surface area contributed by atoms with Crippen LogP contribution in [0.3, 0.4) is 0 Å². The molecule has 0 fully saturated rings. The fourth-order valence-corrected chi connectivity index (χ4v) is 4.66. The van der Waals surface area contributed by atoms with E-state index < -0.39 is 0 Å². The number of anilines is 1.